The second kappa shape index (κ2) is 4.48. The topological polar surface area (TPSA) is 49.4 Å². The number of carboxylic acid groups (broad SMARTS) is 1. The van der Waals surface area contributed by atoms with Crippen LogP contribution in [0.25, 0.3) is 0 Å². The lowest BCUT2D eigenvalue weighted by atomic mass is 10.1. The predicted octanol–water partition coefficient (Wildman–Crippen LogP) is 1.26. The van der Waals surface area contributed by atoms with Crippen LogP contribution in [0, 0.1) is 0 Å². The van der Waals surface area contributed by atoms with Gasteiger partial charge < -0.3 is 14.6 Å². The maximum absolute atomic E-state index is 11.9. The molecule has 0 amide bonds. The molecule has 1 aromatic carbocycles. The highest BCUT2D eigenvalue weighted by molar-refractivity contribution is 7.80. The van der Waals surface area contributed by atoms with Crippen LogP contribution >= 0.6 is 12.2 Å². The molecule has 0 bridgehead atoms. The number of rotatable bonds is 2. The van der Waals surface area contributed by atoms with Gasteiger partial charge in [-0.3, -0.25) is 0 Å². The van der Waals surface area contributed by atoms with Gasteiger partial charge in [-0.15, -0.1) is 13.2 Å². The quantitative estimate of drug-likeness (QED) is 0.740. The number of hydrogen-bond donors (Lipinski definition) is 0. The van der Waals surface area contributed by atoms with Crippen LogP contribution in [0.3, 0.4) is 0 Å². The highest BCUT2D eigenvalue weighted by Gasteiger charge is 2.33. The van der Waals surface area contributed by atoms with Gasteiger partial charge in [0.1, 0.15) is 0 Å². The summed E-state index contributed by atoms with van der Waals surface area (Å²) in [5.74, 6) is -1.62. The van der Waals surface area contributed by atoms with Crippen LogP contribution in [0.4, 0.5) is 13.2 Å². The van der Waals surface area contributed by atoms with E-state index in [9.17, 15) is 23.1 Å². The maximum Gasteiger partial charge on any atom is 0.573 e. The number of ether oxygens (including phenoxy) is 1. The van der Waals surface area contributed by atoms with Crippen LogP contribution in [-0.4, -0.2) is 17.4 Å². The van der Waals surface area contributed by atoms with Crippen molar-refractivity contribution in [3.63, 3.8) is 0 Å². The van der Waals surface area contributed by atoms with E-state index in [4.69, 9.17) is 0 Å². The molecule has 3 nitrogen and oxygen atoms in total. The van der Waals surface area contributed by atoms with Gasteiger partial charge in [0.15, 0.2) is 0 Å². The van der Waals surface area contributed by atoms with Crippen LogP contribution in [0.5, 0.6) is 0 Å². The Hall–Kier alpha value is -1.63. The zero-order chi connectivity index (χ0) is 12.3. The summed E-state index contributed by atoms with van der Waals surface area (Å²) < 4.78 is 39.0. The number of carbonyl (C=O) groups excluding carboxylic acids is 1. The molecule has 1 aromatic rings. The van der Waals surface area contributed by atoms with Gasteiger partial charge in [0.2, 0.25) is 5.05 Å². The Balaban J connectivity index is 3.04. The summed E-state index contributed by atoms with van der Waals surface area (Å²) in [6.45, 7) is 0. The summed E-state index contributed by atoms with van der Waals surface area (Å²) in [6, 6.07) is 4.87. The minimum absolute atomic E-state index is 0.338. The number of benzene rings is 1. The SMILES string of the molecule is O=C([O-])c1ccccc1C(=S)OC(F)(F)F. The Morgan fingerprint density at radius 2 is 1.75 bits per heavy atom. The van der Waals surface area contributed by atoms with Crippen LogP contribution in [0.2, 0.25) is 0 Å². The van der Waals surface area contributed by atoms with Crippen LogP contribution in [-0.2, 0) is 4.74 Å². The van der Waals surface area contributed by atoms with Gasteiger partial charge in [-0.2, -0.15) is 0 Å². The van der Waals surface area contributed by atoms with E-state index in [0.29, 0.717) is 0 Å². The van der Waals surface area contributed by atoms with Gasteiger partial charge in [-0.1, -0.05) is 18.2 Å². The first kappa shape index (κ1) is 12.4. The Kier molecular flexibility index (Phi) is 3.48. The van der Waals surface area contributed by atoms with Gasteiger partial charge in [0, 0.05) is 11.1 Å². The normalized spacial score (nSPS) is 10.9. The number of carbonyl (C=O) groups is 1. The first-order chi connectivity index (χ1) is 7.31. The summed E-state index contributed by atoms with van der Waals surface area (Å²) in [5.41, 5.74) is -0.786. The number of thiocarbonyl (C=S) groups is 1. The fourth-order valence-electron chi connectivity index (χ4n) is 0.999. The molecule has 0 radical (unpaired) electrons. The molecule has 86 valence electrons. The van der Waals surface area contributed by atoms with E-state index < -0.39 is 22.9 Å². The molecule has 0 saturated carbocycles. The summed E-state index contributed by atoms with van der Waals surface area (Å²) >= 11 is 4.34. The minimum Gasteiger partial charge on any atom is -0.545 e. The van der Waals surface area contributed by atoms with Crippen molar-refractivity contribution in [3.8, 4) is 0 Å². The zero-order valence-corrected chi connectivity index (χ0v) is 8.39. The number of hydrogen-bond acceptors (Lipinski definition) is 4. The summed E-state index contributed by atoms with van der Waals surface area (Å²) in [5, 5.41) is 9.63. The van der Waals surface area contributed by atoms with E-state index in [2.05, 4.69) is 17.0 Å². The van der Waals surface area contributed by atoms with Crippen LogP contribution < -0.4 is 5.11 Å². The molecule has 0 aliphatic heterocycles. The van der Waals surface area contributed by atoms with Crippen molar-refractivity contribution >= 4 is 23.2 Å². The van der Waals surface area contributed by atoms with E-state index in [1.165, 1.54) is 12.1 Å². The maximum atomic E-state index is 11.9. The lowest BCUT2D eigenvalue weighted by Gasteiger charge is -2.13. The van der Waals surface area contributed by atoms with Crippen LogP contribution in [0.15, 0.2) is 24.3 Å². The molecule has 1 rings (SSSR count). The van der Waals surface area contributed by atoms with E-state index >= 15 is 0 Å². The largest absolute Gasteiger partial charge is 0.573 e. The van der Waals surface area contributed by atoms with Crippen LogP contribution in [0.1, 0.15) is 15.9 Å². The summed E-state index contributed by atoms with van der Waals surface area (Å²) in [7, 11) is 0. The average Bonchev–Trinajstić information content (AvgIpc) is 2.15. The standard InChI is InChI=1S/C9H5F3O3S/c10-9(11,12)15-8(16)6-4-2-1-3-5(6)7(13)14/h1-4H,(H,13,14)/p-1. The molecule has 0 saturated heterocycles. The second-order valence-electron chi connectivity index (χ2n) is 2.67. The monoisotopic (exact) mass is 249 g/mol. The molecular formula is C9H4F3O3S-. The van der Waals surface area contributed by atoms with Gasteiger partial charge in [-0.05, 0) is 18.3 Å². The van der Waals surface area contributed by atoms with Crippen molar-refractivity contribution in [3.05, 3.63) is 35.4 Å². The first-order valence-corrected chi connectivity index (χ1v) is 4.32. The third kappa shape index (κ3) is 3.20. The van der Waals surface area contributed by atoms with Crippen molar-refractivity contribution in [2.75, 3.05) is 0 Å². The van der Waals surface area contributed by atoms with Gasteiger partial charge in [0.25, 0.3) is 0 Å². The Labute approximate surface area is 93.5 Å². The van der Waals surface area contributed by atoms with Crippen molar-refractivity contribution in [1.82, 2.24) is 0 Å². The number of carboxylic acids is 1. The van der Waals surface area contributed by atoms with E-state index in [1.807, 2.05) is 0 Å². The van der Waals surface area contributed by atoms with Crippen molar-refractivity contribution < 1.29 is 27.8 Å². The minimum atomic E-state index is -4.95. The smallest absolute Gasteiger partial charge is 0.545 e. The first-order valence-electron chi connectivity index (χ1n) is 3.91. The molecular weight excluding hydrogens is 245 g/mol. The fourth-order valence-corrected chi connectivity index (χ4v) is 1.27. The van der Waals surface area contributed by atoms with Gasteiger partial charge in [-0.25, -0.2) is 0 Å². The highest BCUT2D eigenvalue weighted by Crippen LogP contribution is 2.20. The Morgan fingerprint density at radius 1 is 1.25 bits per heavy atom. The van der Waals surface area contributed by atoms with Gasteiger partial charge >= 0.3 is 6.36 Å². The van der Waals surface area contributed by atoms with Crippen molar-refractivity contribution in [2.45, 2.75) is 6.36 Å². The lowest BCUT2D eigenvalue weighted by Crippen LogP contribution is -2.26. The Bertz CT molecular complexity index is 428. The van der Waals surface area contributed by atoms with E-state index in [-0.39, 0.29) is 5.56 Å². The molecule has 7 heteroatoms. The number of halogens is 3. The molecule has 0 unspecified atom stereocenters. The van der Waals surface area contributed by atoms with Crippen molar-refractivity contribution in [1.29, 1.82) is 0 Å². The highest BCUT2D eigenvalue weighted by atomic mass is 32.1. The molecule has 0 aliphatic rings. The van der Waals surface area contributed by atoms with Gasteiger partial charge in [0.05, 0.1) is 5.97 Å². The summed E-state index contributed by atoms with van der Waals surface area (Å²) in [4.78, 5) is 10.6. The summed E-state index contributed by atoms with van der Waals surface area (Å²) in [6.07, 6.45) is -4.95. The average molecular weight is 249 g/mol. The molecule has 0 spiro atoms. The second-order valence-corrected chi connectivity index (χ2v) is 3.04. The molecule has 0 atom stereocenters. The molecule has 0 fully saturated rings. The van der Waals surface area contributed by atoms with Crippen molar-refractivity contribution in [2.24, 2.45) is 0 Å². The molecule has 0 aliphatic carbocycles. The zero-order valence-electron chi connectivity index (χ0n) is 7.58. The molecule has 0 heterocycles. The molecule has 0 N–H and O–H groups in total. The lowest BCUT2D eigenvalue weighted by molar-refractivity contribution is -0.282. The third-order valence-corrected chi connectivity index (χ3v) is 1.88. The van der Waals surface area contributed by atoms with E-state index in [0.717, 1.165) is 12.1 Å². The number of alkyl halides is 3. The Morgan fingerprint density at radius 3 is 2.19 bits per heavy atom. The number of aromatic carboxylic acids is 1. The third-order valence-electron chi connectivity index (χ3n) is 1.58. The molecule has 16 heavy (non-hydrogen) atoms. The molecule has 0 aromatic heterocycles. The predicted molar refractivity (Wildman–Crippen MR) is 49.6 cm³/mol. The fraction of sp³-hybridized carbons (Fsp3) is 0.111. The van der Waals surface area contributed by atoms with E-state index in [1.54, 1.807) is 0 Å².